The molecule has 1 aromatic heterocycles. The molecule has 1 amide bonds. The SMILES string of the molecule is CC(CNC(=O)Cc1csc(-c2ccc3c(c2)OCO3)n1)C(=O)O. The van der Waals surface area contributed by atoms with Gasteiger partial charge in [0.1, 0.15) is 5.01 Å². The van der Waals surface area contributed by atoms with Crippen molar-refractivity contribution in [3.63, 3.8) is 0 Å². The molecular formula is C16H16N2O5S. The van der Waals surface area contributed by atoms with Gasteiger partial charge in [-0.2, -0.15) is 0 Å². The number of amides is 1. The lowest BCUT2D eigenvalue weighted by Gasteiger charge is -2.07. The number of aliphatic carboxylic acids is 1. The molecule has 0 saturated heterocycles. The van der Waals surface area contributed by atoms with E-state index >= 15 is 0 Å². The van der Waals surface area contributed by atoms with Gasteiger partial charge in [-0.05, 0) is 18.2 Å². The smallest absolute Gasteiger partial charge is 0.308 e. The second kappa shape index (κ2) is 6.88. The van der Waals surface area contributed by atoms with Gasteiger partial charge in [-0.3, -0.25) is 9.59 Å². The average molecular weight is 348 g/mol. The van der Waals surface area contributed by atoms with Gasteiger partial charge in [0, 0.05) is 17.5 Å². The zero-order chi connectivity index (χ0) is 17.1. The second-order valence-electron chi connectivity index (χ2n) is 5.43. The van der Waals surface area contributed by atoms with Crippen molar-refractivity contribution in [3.05, 3.63) is 29.3 Å². The summed E-state index contributed by atoms with van der Waals surface area (Å²) in [6, 6.07) is 5.59. The van der Waals surface area contributed by atoms with Crippen LogP contribution in [-0.2, 0) is 16.0 Å². The number of rotatable bonds is 6. The lowest BCUT2D eigenvalue weighted by atomic mass is 10.2. The number of benzene rings is 1. The molecule has 7 nitrogen and oxygen atoms in total. The van der Waals surface area contributed by atoms with Gasteiger partial charge < -0.3 is 19.9 Å². The third kappa shape index (κ3) is 3.65. The largest absolute Gasteiger partial charge is 0.481 e. The zero-order valence-corrected chi connectivity index (χ0v) is 13.8. The molecule has 0 radical (unpaired) electrons. The predicted molar refractivity (Wildman–Crippen MR) is 87.2 cm³/mol. The molecule has 0 aliphatic carbocycles. The van der Waals surface area contributed by atoms with Crippen molar-refractivity contribution in [1.29, 1.82) is 0 Å². The number of thiazole rings is 1. The first kappa shape index (κ1) is 16.3. The number of aromatic nitrogens is 1. The number of nitrogens with zero attached hydrogens (tertiary/aromatic N) is 1. The molecule has 1 aromatic carbocycles. The highest BCUT2D eigenvalue weighted by atomic mass is 32.1. The first-order valence-corrected chi connectivity index (χ1v) is 8.25. The molecule has 8 heteroatoms. The topological polar surface area (TPSA) is 97.8 Å². The third-order valence-electron chi connectivity index (χ3n) is 3.54. The van der Waals surface area contributed by atoms with Gasteiger partial charge in [-0.15, -0.1) is 11.3 Å². The molecule has 0 saturated carbocycles. The molecule has 0 fully saturated rings. The van der Waals surface area contributed by atoms with E-state index in [-0.39, 0.29) is 25.7 Å². The van der Waals surface area contributed by atoms with E-state index in [1.54, 1.807) is 6.92 Å². The maximum Gasteiger partial charge on any atom is 0.308 e. The van der Waals surface area contributed by atoms with Gasteiger partial charge in [0.15, 0.2) is 11.5 Å². The van der Waals surface area contributed by atoms with E-state index in [4.69, 9.17) is 14.6 Å². The second-order valence-corrected chi connectivity index (χ2v) is 6.29. The minimum absolute atomic E-state index is 0.104. The van der Waals surface area contributed by atoms with E-state index in [0.29, 0.717) is 17.2 Å². The number of nitrogens with one attached hydrogen (secondary N) is 1. The summed E-state index contributed by atoms with van der Waals surface area (Å²) in [6.07, 6.45) is 0.118. The number of ether oxygens (including phenoxy) is 2. The molecule has 1 atom stereocenters. The first-order chi connectivity index (χ1) is 11.5. The highest BCUT2D eigenvalue weighted by Crippen LogP contribution is 2.36. The molecule has 24 heavy (non-hydrogen) atoms. The first-order valence-electron chi connectivity index (χ1n) is 7.37. The van der Waals surface area contributed by atoms with Crippen LogP contribution in [0.4, 0.5) is 0 Å². The van der Waals surface area contributed by atoms with Crippen LogP contribution >= 0.6 is 11.3 Å². The summed E-state index contributed by atoms with van der Waals surface area (Å²) in [6.45, 7) is 1.87. The summed E-state index contributed by atoms with van der Waals surface area (Å²) in [5.41, 5.74) is 1.54. The van der Waals surface area contributed by atoms with Gasteiger partial charge in [-0.25, -0.2) is 4.98 Å². The minimum Gasteiger partial charge on any atom is -0.481 e. The molecular weight excluding hydrogens is 332 g/mol. The summed E-state index contributed by atoms with van der Waals surface area (Å²) < 4.78 is 10.6. The van der Waals surface area contributed by atoms with E-state index in [9.17, 15) is 9.59 Å². The van der Waals surface area contributed by atoms with E-state index in [1.165, 1.54) is 11.3 Å². The lowest BCUT2D eigenvalue weighted by Crippen LogP contribution is -2.32. The Kier molecular flexibility index (Phi) is 4.66. The van der Waals surface area contributed by atoms with Gasteiger partial charge in [0.25, 0.3) is 0 Å². The van der Waals surface area contributed by atoms with Crippen molar-refractivity contribution in [1.82, 2.24) is 10.3 Å². The molecule has 3 rings (SSSR count). The van der Waals surface area contributed by atoms with Crippen molar-refractivity contribution in [2.45, 2.75) is 13.3 Å². The van der Waals surface area contributed by atoms with Crippen LogP contribution in [0.5, 0.6) is 11.5 Å². The van der Waals surface area contributed by atoms with Gasteiger partial charge in [0.05, 0.1) is 18.0 Å². The lowest BCUT2D eigenvalue weighted by molar-refractivity contribution is -0.141. The Bertz CT molecular complexity index is 774. The van der Waals surface area contributed by atoms with Crippen molar-refractivity contribution in [2.24, 2.45) is 5.92 Å². The third-order valence-corrected chi connectivity index (χ3v) is 4.48. The van der Waals surface area contributed by atoms with Gasteiger partial charge in [0.2, 0.25) is 12.7 Å². The Balaban J connectivity index is 1.61. The van der Waals surface area contributed by atoms with Crippen LogP contribution in [0.25, 0.3) is 10.6 Å². The van der Waals surface area contributed by atoms with Crippen LogP contribution < -0.4 is 14.8 Å². The summed E-state index contributed by atoms with van der Waals surface area (Å²) in [5.74, 6) is -0.402. The maximum atomic E-state index is 11.9. The highest BCUT2D eigenvalue weighted by Gasteiger charge is 2.16. The van der Waals surface area contributed by atoms with E-state index < -0.39 is 11.9 Å². The van der Waals surface area contributed by atoms with Crippen molar-refractivity contribution < 1.29 is 24.2 Å². The van der Waals surface area contributed by atoms with E-state index in [2.05, 4.69) is 10.3 Å². The van der Waals surface area contributed by atoms with Gasteiger partial charge >= 0.3 is 5.97 Å². The van der Waals surface area contributed by atoms with Crippen LogP contribution in [0.15, 0.2) is 23.6 Å². The molecule has 1 unspecified atom stereocenters. The molecule has 2 heterocycles. The quantitative estimate of drug-likeness (QED) is 0.828. The molecule has 0 spiro atoms. The van der Waals surface area contributed by atoms with Gasteiger partial charge in [-0.1, -0.05) is 6.92 Å². The fraction of sp³-hybridized carbons (Fsp3) is 0.312. The van der Waals surface area contributed by atoms with Crippen LogP contribution in [0, 0.1) is 5.92 Å². The Morgan fingerprint density at radius 2 is 2.17 bits per heavy atom. The standard InChI is InChI=1S/C16H16N2O5S/c1-9(16(20)21)6-17-14(19)5-11-7-24-15(18-11)10-2-3-12-13(4-10)23-8-22-12/h2-4,7,9H,5-6,8H2,1H3,(H,17,19)(H,20,21). The fourth-order valence-electron chi connectivity index (χ4n) is 2.13. The number of hydrogen-bond acceptors (Lipinski definition) is 6. The molecule has 1 aliphatic heterocycles. The minimum atomic E-state index is -0.936. The van der Waals surface area contributed by atoms with Crippen LogP contribution in [-0.4, -0.2) is 35.3 Å². The Hall–Kier alpha value is -2.61. The number of carboxylic acids is 1. The Morgan fingerprint density at radius 3 is 2.96 bits per heavy atom. The molecule has 126 valence electrons. The Labute approximate surface area is 142 Å². The molecule has 0 bridgehead atoms. The molecule has 2 N–H and O–H groups in total. The van der Waals surface area contributed by atoms with Crippen molar-refractivity contribution in [2.75, 3.05) is 13.3 Å². The number of carbonyl (C=O) groups excluding carboxylic acids is 1. The van der Waals surface area contributed by atoms with E-state index in [0.717, 1.165) is 10.6 Å². The summed E-state index contributed by atoms with van der Waals surface area (Å²) in [7, 11) is 0. The zero-order valence-electron chi connectivity index (χ0n) is 12.9. The molecule has 1 aliphatic rings. The monoisotopic (exact) mass is 348 g/mol. The molecule has 2 aromatic rings. The maximum absolute atomic E-state index is 11.9. The summed E-state index contributed by atoms with van der Waals surface area (Å²) in [5, 5.41) is 14.0. The van der Waals surface area contributed by atoms with Crippen LogP contribution in [0.1, 0.15) is 12.6 Å². The predicted octanol–water partition coefficient (Wildman–Crippen LogP) is 1.92. The summed E-state index contributed by atoms with van der Waals surface area (Å²) >= 11 is 1.44. The average Bonchev–Trinajstić information content (AvgIpc) is 3.20. The normalized spacial score (nSPS) is 13.5. The van der Waals surface area contributed by atoms with Crippen LogP contribution in [0.2, 0.25) is 0 Å². The number of fused-ring (bicyclic) bond motifs is 1. The van der Waals surface area contributed by atoms with Crippen LogP contribution in [0.3, 0.4) is 0 Å². The Morgan fingerprint density at radius 1 is 1.38 bits per heavy atom. The van der Waals surface area contributed by atoms with Crippen molar-refractivity contribution in [3.8, 4) is 22.1 Å². The van der Waals surface area contributed by atoms with Crippen molar-refractivity contribution >= 4 is 23.2 Å². The fourth-order valence-corrected chi connectivity index (χ4v) is 2.95. The number of carboxylic acid groups (broad SMARTS) is 1. The number of carbonyl (C=O) groups is 2. The summed E-state index contributed by atoms with van der Waals surface area (Å²) in [4.78, 5) is 27.0. The highest BCUT2D eigenvalue weighted by molar-refractivity contribution is 7.13. The van der Waals surface area contributed by atoms with E-state index in [1.807, 2.05) is 23.6 Å². The number of hydrogen-bond donors (Lipinski definition) is 2.